The average Bonchev–Trinajstić information content (AvgIpc) is 2.99. The molecule has 0 amide bonds. The van der Waals surface area contributed by atoms with Crippen molar-refractivity contribution in [3.63, 3.8) is 0 Å². The van der Waals surface area contributed by atoms with Gasteiger partial charge < -0.3 is 10.5 Å². The number of hydrogen-bond acceptors (Lipinski definition) is 3. The summed E-state index contributed by atoms with van der Waals surface area (Å²) in [6, 6.07) is 6.17. The van der Waals surface area contributed by atoms with E-state index in [0.29, 0.717) is 4.99 Å². The first kappa shape index (κ1) is 13.8. The smallest absolute Gasteiger partial charge is 0.129 e. The maximum Gasteiger partial charge on any atom is 0.129 e. The van der Waals surface area contributed by atoms with Crippen LogP contribution in [0.15, 0.2) is 18.2 Å². The topological polar surface area (TPSA) is 38.5 Å². The van der Waals surface area contributed by atoms with Gasteiger partial charge in [0.1, 0.15) is 10.7 Å². The highest BCUT2D eigenvalue weighted by Gasteiger charge is 2.35. The minimum absolute atomic E-state index is 0.405. The molecule has 1 saturated carbocycles. The van der Waals surface area contributed by atoms with Gasteiger partial charge in [0.15, 0.2) is 0 Å². The second-order valence-corrected chi connectivity index (χ2v) is 6.48. The molecule has 0 bridgehead atoms. The monoisotopic (exact) mass is 290 g/mol. The Labute approximate surface area is 126 Å². The Bertz CT molecular complexity index is 505. The normalized spacial score (nSPS) is 25.6. The van der Waals surface area contributed by atoms with Crippen LogP contribution in [0.5, 0.6) is 5.75 Å². The van der Waals surface area contributed by atoms with Gasteiger partial charge in [-0.05, 0) is 42.4 Å². The molecule has 2 aliphatic rings. The molecule has 3 nitrogen and oxygen atoms in total. The predicted octanol–water partition coefficient (Wildman–Crippen LogP) is 2.56. The van der Waals surface area contributed by atoms with E-state index in [1.165, 1.54) is 37.9 Å². The summed E-state index contributed by atoms with van der Waals surface area (Å²) in [5, 5.41) is 0. The average molecular weight is 290 g/mol. The van der Waals surface area contributed by atoms with Crippen molar-refractivity contribution in [3.05, 3.63) is 29.3 Å². The highest BCUT2D eigenvalue weighted by molar-refractivity contribution is 7.80. The Morgan fingerprint density at radius 2 is 2.05 bits per heavy atom. The van der Waals surface area contributed by atoms with E-state index in [4.69, 9.17) is 22.7 Å². The van der Waals surface area contributed by atoms with Crippen LogP contribution in [0, 0.1) is 11.8 Å². The first-order chi connectivity index (χ1) is 9.67. The van der Waals surface area contributed by atoms with Crippen molar-refractivity contribution < 1.29 is 4.74 Å². The van der Waals surface area contributed by atoms with Crippen molar-refractivity contribution in [2.24, 2.45) is 17.6 Å². The fraction of sp³-hybridized carbons (Fsp3) is 0.562. The minimum atomic E-state index is 0.405. The Morgan fingerprint density at radius 1 is 1.35 bits per heavy atom. The number of fused-ring (bicyclic) bond motifs is 1. The molecule has 1 aliphatic carbocycles. The quantitative estimate of drug-likeness (QED) is 0.865. The van der Waals surface area contributed by atoms with Gasteiger partial charge in [0, 0.05) is 19.6 Å². The number of nitrogens with two attached hydrogens (primary N) is 1. The summed E-state index contributed by atoms with van der Waals surface area (Å²) in [6.07, 6.45) is 4.27. The van der Waals surface area contributed by atoms with Crippen molar-refractivity contribution in [1.82, 2.24) is 4.90 Å². The molecule has 0 radical (unpaired) electrons. The van der Waals surface area contributed by atoms with Crippen LogP contribution in [-0.4, -0.2) is 30.1 Å². The highest BCUT2D eigenvalue weighted by atomic mass is 32.1. The molecule has 1 heterocycles. The molecule has 2 unspecified atom stereocenters. The maximum absolute atomic E-state index is 5.78. The molecule has 3 rings (SSSR count). The number of hydrogen-bond donors (Lipinski definition) is 1. The van der Waals surface area contributed by atoms with Crippen molar-refractivity contribution in [2.75, 3.05) is 20.2 Å². The largest absolute Gasteiger partial charge is 0.496 e. The van der Waals surface area contributed by atoms with Crippen LogP contribution in [0.3, 0.4) is 0 Å². The third-order valence-corrected chi connectivity index (χ3v) is 4.96. The number of rotatable bonds is 4. The highest BCUT2D eigenvalue weighted by Crippen LogP contribution is 2.38. The molecular formula is C16H22N2OS. The lowest BCUT2D eigenvalue weighted by molar-refractivity contribution is 0.303. The number of likely N-dealkylation sites (tertiary alicyclic amines) is 1. The van der Waals surface area contributed by atoms with Gasteiger partial charge in [-0.15, -0.1) is 0 Å². The van der Waals surface area contributed by atoms with E-state index in [9.17, 15) is 0 Å². The fourth-order valence-corrected chi connectivity index (χ4v) is 3.93. The Morgan fingerprint density at radius 3 is 2.65 bits per heavy atom. The summed E-state index contributed by atoms with van der Waals surface area (Å²) in [6.45, 7) is 3.49. The number of methoxy groups -OCH3 is 1. The molecule has 0 spiro atoms. The number of ether oxygens (including phenoxy) is 1. The summed E-state index contributed by atoms with van der Waals surface area (Å²) in [5.41, 5.74) is 7.90. The Hall–Kier alpha value is -1.13. The standard InChI is InChI=1S/C16H22N2OS/c1-19-15-6-5-11(7-14(15)16(17)20)8-18-9-12-3-2-4-13(12)10-18/h5-7,12-13H,2-4,8-10H2,1H3,(H2,17,20). The molecule has 2 N–H and O–H groups in total. The molecule has 1 aliphatic heterocycles. The first-order valence-electron chi connectivity index (χ1n) is 7.36. The predicted molar refractivity (Wildman–Crippen MR) is 85.0 cm³/mol. The van der Waals surface area contributed by atoms with E-state index >= 15 is 0 Å². The molecule has 1 aromatic rings. The van der Waals surface area contributed by atoms with Gasteiger partial charge in [-0.1, -0.05) is 24.7 Å². The van der Waals surface area contributed by atoms with Crippen molar-refractivity contribution in [2.45, 2.75) is 25.8 Å². The van der Waals surface area contributed by atoms with E-state index in [1.807, 2.05) is 6.07 Å². The van der Waals surface area contributed by atoms with Gasteiger partial charge in [0.25, 0.3) is 0 Å². The Balaban J connectivity index is 1.72. The van der Waals surface area contributed by atoms with Crippen LogP contribution in [-0.2, 0) is 6.54 Å². The van der Waals surface area contributed by atoms with Crippen LogP contribution in [0.4, 0.5) is 0 Å². The van der Waals surface area contributed by atoms with E-state index < -0.39 is 0 Å². The summed E-state index contributed by atoms with van der Waals surface area (Å²) in [7, 11) is 1.65. The van der Waals surface area contributed by atoms with Gasteiger partial charge in [0.05, 0.1) is 12.7 Å². The molecule has 108 valence electrons. The number of nitrogens with zero attached hydrogens (tertiary/aromatic N) is 1. The zero-order valence-corrected chi connectivity index (χ0v) is 12.8. The zero-order chi connectivity index (χ0) is 14.1. The second-order valence-electron chi connectivity index (χ2n) is 6.04. The molecule has 0 aromatic heterocycles. The van der Waals surface area contributed by atoms with Gasteiger partial charge in [-0.25, -0.2) is 0 Å². The lowest BCUT2D eigenvalue weighted by Gasteiger charge is -2.18. The van der Waals surface area contributed by atoms with Crippen molar-refractivity contribution >= 4 is 17.2 Å². The molecule has 1 aromatic carbocycles. The molecular weight excluding hydrogens is 268 g/mol. The molecule has 4 heteroatoms. The minimum Gasteiger partial charge on any atom is -0.496 e. The number of thiocarbonyl (C=S) groups is 1. The number of benzene rings is 1. The van der Waals surface area contributed by atoms with Crippen LogP contribution in [0.2, 0.25) is 0 Å². The molecule has 2 atom stereocenters. The van der Waals surface area contributed by atoms with Crippen molar-refractivity contribution in [1.29, 1.82) is 0 Å². The first-order valence-corrected chi connectivity index (χ1v) is 7.77. The van der Waals surface area contributed by atoms with E-state index in [-0.39, 0.29) is 0 Å². The zero-order valence-electron chi connectivity index (χ0n) is 12.0. The van der Waals surface area contributed by atoms with E-state index in [1.54, 1.807) is 7.11 Å². The summed E-state index contributed by atoms with van der Waals surface area (Å²) in [5.74, 6) is 2.63. The van der Waals surface area contributed by atoms with Gasteiger partial charge >= 0.3 is 0 Å². The van der Waals surface area contributed by atoms with Crippen LogP contribution < -0.4 is 10.5 Å². The van der Waals surface area contributed by atoms with Gasteiger partial charge in [-0.2, -0.15) is 0 Å². The lowest BCUT2D eigenvalue weighted by atomic mass is 10.0. The van der Waals surface area contributed by atoms with Crippen molar-refractivity contribution in [3.8, 4) is 5.75 Å². The maximum atomic E-state index is 5.78. The molecule has 20 heavy (non-hydrogen) atoms. The van der Waals surface area contributed by atoms with Gasteiger partial charge in [-0.3, -0.25) is 4.90 Å². The van der Waals surface area contributed by atoms with Crippen LogP contribution in [0.1, 0.15) is 30.4 Å². The summed E-state index contributed by atoms with van der Waals surface area (Å²) < 4.78 is 5.31. The van der Waals surface area contributed by atoms with Gasteiger partial charge in [0.2, 0.25) is 0 Å². The van der Waals surface area contributed by atoms with E-state index in [0.717, 1.165) is 29.7 Å². The fourth-order valence-electron chi connectivity index (χ4n) is 3.77. The third kappa shape index (κ3) is 2.67. The van der Waals surface area contributed by atoms with Crippen LogP contribution >= 0.6 is 12.2 Å². The molecule has 2 fully saturated rings. The third-order valence-electron chi connectivity index (χ3n) is 4.74. The van der Waals surface area contributed by atoms with E-state index in [2.05, 4.69) is 17.0 Å². The summed E-state index contributed by atoms with van der Waals surface area (Å²) in [4.78, 5) is 2.97. The Kier molecular flexibility index (Phi) is 3.94. The SMILES string of the molecule is COc1ccc(CN2CC3CCCC3C2)cc1C(N)=S. The lowest BCUT2D eigenvalue weighted by Crippen LogP contribution is -2.21. The summed E-state index contributed by atoms with van der Waals surface area (Å²) >= 11 is 5.11. The second kappa shape index (κ2) is 5.70. The molecule has 1 saturated heterocycles. The van der Waals surface area contributed by atoms with Crippen LogP contribution in [0.25, 0.3) is 0 Å².